The molecule has 0 spiro atoms. The van der Waals surface area contributed by atoms with Crippen molar-refractivity contribution in [3.05, 3.63) is 35.4 Å². The molecule has 2 rings (SSSR count). The first kappa shape index (κ1) is 9.72. The number of rotatable bonds is 3. The highest BCUT2D eigenvalue weighted by molar-refractivity contribution is 5.27. The Kier molecular flexibility index (Phi) is 2.36. The van der Waals surface area contributed by atoms with Crippen molar-refractivity contribution in [2.24, 2.45) is 11.1 Å². The molecule has 1 aliphatic carbocycles. The van der Waals surface area contributed by atoms with E-state index in [9.17, 15) is 0 Å². The highest BCUT2D eigenvalue weighted by Crippen LogP contribution is 2.48. The Hall–Kier alpha value is -0.820. The molecule has 1 saturated carbocycles. The van der Waals surface area contributed by atoms with Gasteiger partial charge in [-0.25, -0.2) is 0 Å². The minimum absolute atomic E-state index is 0.337. The SMILES string of the molecule is Cc1ccccc1CC(N)C1(C)CC1. The van der Waals surface area contributed by atoms with Crippen LogP contribution in [0.5, 0.6) is 0 Å². The van der Waals surface area contributed by atoms with Gasteiger partial charge in [0.25, 0.3) is 0 Å². The molecule has 1 aliphatic rings. The van der Waals surface area contributed by atoms with Gasteiger partial charge in [0.15, 0.2) is 0 Å². The first-order chi connectivity index (χ1) is 6.62. The van der Waals surface area contributed by atoms with Crippen LogP contribution in [0.3, 0.4) is 0 Å². The molecule has 0 aliphatic heterocycles. The van der Waals surface area contributed by atoms with Crippen LogP contribution in [-0.2, 0) is 6.42 Å². The molecule has 0 aromatic heterocycles. The molecule has 1 heteroatoms. The van der Waals surface area contributed by atoms with E-state index in [-0.39, 0.29) is 0 Å². The fourth-order valence-electron chi connectivity index (χ4n) is 1.89. The molecule has 0 amide bonds. The Bertz CT molecular complexity index is 326. The van der Waals surface area contributed by atoms with E-state index in [4.69, 9.17) is 5.73 Å². The van der Waals surface area contributed by atoms with Crippen molar-refractivity contribution < 1.29 is 0 Å². The van der Waals surface area contributed by atoms with Gasteiger partial charge in [0.05, 0.1) is 0 Å². The third-order valence-corrected chi connectivity index (χ3v) is 3.63. The van der Waals surface area contributed by atoms with Gasteiger partial charge >= 0.3 is 0 Å². The van der Waals surface area contributed by atoms with Crippen LogP contribution in [0.15, 0.2) is 24.3 Å². The summed E-state index contributed by atoms with van der Waals surface area (Å²) in [5, 5.41) is 0. The van der Waals surface area contributed by atoms with Gasteiger partial charge in [-0.15, -0.1) is 0 Å². The predicted molar refractivity (Wildman–Crippen MR) is 60.2 cm³/mol. The zero-order chi connectivity index (χ0) is 10.2. The van der Waals surface area contributed by atoms with E-state index in [1.807, 2.05) is 0 Å². The molecular formula is C13H19N. The normalized spacial score (nSPS) is 20.5. The van der Waals surface area contributed by atoms with Gasteiger partial charge in [-0.1, -0.05) is 31.2 Å². The monoisotopic (exact) mass is 189 g/mol. The Balaban J connectivity index is 2.07. The summed E-state index contributed by atoms with van der Waals surface area (Å²) in [4.78, 5) is 0. The van der Waals surface area contributed by atoms with Crippen LogP contribution in [0.2, 0.25) is 0 Å². The molecule has 0 radical (unpaired) electrons. The summed E-state index contributed by atoms with van der Waals surface area (Å²) < 4.78 is 0. The lowest BCUT2D eigenvalue weighted by Gasteiger charge is -2.19. The lowest BCUT2D eigenvalue weighted by atomic mass is 9.91. The van der Waals surface area contributed by atoms with Crippen molar-refractivity contribution >= 4 is 0 Å². The number of hydrogen-bond donors (Lipinski definition) is 1. The van der Waals surface area contributed by atoms with Gasteiger partial charge in [-0.3, -0.25) is 0 Å². The fourth-order valence-corrected chi connectivity index (χ4v) is 1.89. The van der Waals surface area contributed by atoms with Crippen molar-refractivity contribution in [3.8, 4) is 0 Å². The predicted octanol–water partition coefficient (Wildman–Crippen LogP) is 2.66. The lowest BCUT2D eigenvalue weighted by Crippen LogP contribution is -2.32. The van der Waals surface area contributed by atoms with Crippen LogP contribution < -0.4 is 5.73 Å². The third kappa shape index (κ3) is 1.83. The molecule has 1 atom stereocenters. The second-order valence-electron chi connectivity index (χ2n) is 4.89. The highest BCUT2D eigenvalue weighted by Gasteiger charge is 2.42. The second-order valence-corrected chi connectivity index (χ2v) is 4.89. The molecule has 1 fully saturated rings. The molecule has 0 bridgehead atoms. The average molecular weight is 189 g/mol. The molecule has 76 valence electrons. The van der Waals surface area contributed by atoms with E-state index in [2.05, 4.69) is 38.1 Å². The summed E-state index contributed by atoms with van der Waals surface area (Å²) in [5.41, 5.74) is 9.43. The first-order valence-corrected chi connectivity index (χ1v) is 5.42. The number of hydrogen-bond acceptors (Lipinski definition) is 1. The van der Waals surface area contributed by atoms with Crippen LogP contribution in [0.1, 0.15) is 30.9 Å². The maximum Gasteiger partial charge on any atom is 0.0134 e. The largest absolute Gasteiger partial charge is 0.327 e. The van der Waals surface area contributed by atoms with Crippen molar-refractivity contribution in [1.29, 1.82) is 0 Å². The third-order valence-electron chi connectivity index (χ3n) is 3.63. The second kappa shape index (κ2) is 3.39. The molecular weight excluding hydrogens is 170 g/mol. The van der Waals surface area contributed by atoms with Crippen molar-refractivity contribution in [3.63, 3.8) is 0 Å². The van der Waals surface area contributed by atoms with Gasteiger partial charge in [0.2, 0.25) is 0 Å². The quantitative estimate of drug-likeness (QED) is 0.777. The van der Waals surface area contributed by atoms with Gasteiger partial charge in [0, 0.05) is 6.04 Å². The molecule has 2 N–H and O–H groups in total. The minimum Gasteiger partial charge on any atom is -0.327 e. The summed E-state index contributed by atoms with van der Waals surface area (Å²) in [6.45, 7) is 4.47. The van der Waals surface area contributed by atoms with Crippen LogP contribution in [-0.4, -0.2) is 6.04 Å². The van der Waals surface area contributed by atoms with E-state index < -0.39 is 0 Å². The molecule has 1 aromatic carbocycles. The van der Waals surface area contributed by atoms with Crippen LogP contribution in [0, 0.1) is 12.3 Å². The van der Waals surface area contributed by atoms with Crippen molar-refractivity contribution in [2.75, 3.05) is 0 Å². The molecule has 0 heterocycles. The van der Waals surface area contributed by atoms with E-state index in [0.717, 1.165) is 6.42 Å². The molecule has 1 unspecified atom stereocenters. The minimum atomic E-state index is 0.337. The zero-order valence-electron chi connectivity index (χ0n) is 9.09. The van der Waals surface area contributed by atoms with Crippen LogP contribution >= 0.6 is 0 Å². The van der Waals surface area contributed by atoms with E-state index in [0.29, 0.717) is 11.5 Å². The first-order valence-electron chi connectivity index (χ1n) is 5.42. The van der Waals surface area contributed by atoms with Crippen LogP contribution in [0.4, 0.5) is 0 Å². The average Bonchev–Trinajstić information content (AvgIpc) is 2.89. The van der Waals surface area contributed by atoms with Crippen LogP contribution in [0.25, 0.3) is 0 Å². The Morgan fingerprint density at radius 3 is 2.57 bits per heavy atom. The number of nitrogens with two attached hydrogens (primary N) is 1. The summed E-state index contributed by atoms with van der Waals surface area (Å²) in [5.74, 6) is 0. The zero-order valence-corrected chi connectivity index (χ0v) is 9.09. The standard InChI is InChI=1S/C13H19N/c1-10-5-3-4-6-11(10)9-12(14)13(2)7-8-13/h3-6,12H,7-9,14H2,1-2H3. The summed E-state index contributed by atoms with van der Waals surface area (Å²) in [6, 6.07) is 8.88. The maximum absolute atomic E-state index is 6.21. The van der Waals surface area contributed by atoms with E-state index >= 15 is 0 Å². The van der Waals surface area contributed by atoms with Gasteiger partial charge in [-0.2, -0.15) is 0 Å². The Morgan fingerprint density at radius 1 is 1.36 bits per heavy atom. The molecule has 1 aromatic rings. The summed E-state index contributed by atoms with van der Waals surface area (Å²) >= 11 is 0. The number of aryl methyl sites for hydroxylation is 1. The molecule has 0 saturated heterocycles. The lowest BCUT2D eigenvalue weighted by molar-refractivity contribution is 0.432. The van der Waals surface area contributed by atoms with E-state index in [1.54, 1.807) is 0 Å². The molecule has 14 heavy (non-hydrogen) atoms. The van der Waals surface area contributed by atoms with Gasteiger partial charge < -0.3 is 5.73 Å². The highest BCUT2D eigenvalue weighted by atomic mass is 14.7. The Labute approximate surface area is 86.3 Å². The topological polar surface area (TPSA) is 26.0 Å². The van der Waals surface area contributed by atoms with Crippen molar-refractivity contribution in [1.82, 2.24) is 0 Å². The molecule has 1 nitrogen and oxygen atoms in total. The van der Waals surface area contributed by atoms with Gasteiger partial charge in [-0.05, 0) is 42.7 Å². The van der Waals surface area contributed by atoms with E-state index in [1.165, 1.54) is 24.0 Å². The van der Waals surface area contributed by atoms with Crippen molar-refractivity contribution in [2.45, 2.75) is 39.2 Å². The Morgan fingerprint density at radius 2 is 2.00 bits per heavy atom. The maximum atomic E-state index is 6.21. The summed E-state index contributed by atoms with van der Waals surface area (Å²) in [6.07, 6.45) is 3.64. The van der Waals surface area contributed by atoms with Gasteiger partial charge in [0.1, 0.15) is 0 Å². The fraction of sp³-hybridized carbons (Fsp3) is 0.538. The number of benzene rings is 1. The smallest absolute Gasteiger partial charge is 0.0134 e. The summed E-state index contributed by atoms with van der Waals surface area (Å²) in [7, 11) is 0.